The second-order valence-electron chi connectivity index (χ2n) is 6.71. The van der Waals surface area contributed by atoms with Gasteiger partial charge >= 0.3 is 6.09 Å². The lowest BCUT2D eigenvalue weighted by Crippen LogP contribution is -2.46. The van der Waals surface area contributed by atoms with Gasteiger partial charge in [0.05, 0.1) is 0 Å². The van der Waals surface area contributed by atoms with Crippen LogP contribution < -0.4 is 10.2 Å². The molecule has 1 aromatic rings. The van der Waals surface area contributed by atoms with Gasteiger partial charge in [0, 0.05) is 37.0 Å². The fourth-order valence-electron chi connectivity index (χ4n) is 2.52. The number of ether oxygens (including phenoxy) is 1. The van der Waals surface area contributed by atoms with Crippen molar-refractivity contribution >= 4 is 27.7 Å². The number of aromatic hydroxyl groups is 2. The van der Waals surface area contributed by atoms with Gasteiger partial charge in [-0.1, -0.05) is 0 Å². The van der Waals surface area contributed by atoms with E-state index in [0.29, 0.717) is 4.47 Å². The summed E-state index contributed by atoms with van der Waals surface area (Å²) in [4.78, 5) is 13.9. The van der Waals surface area contributed by atoms with Crippen LogP contribution in [0.5, 0.6) is 11.5 Å². The minimum Gasteiger partial charge on any atom is -0.507 e. The van der Waals surface area contributed by atoms with Crippen LogP contribution in [0.2, 0.25) is 0 Å². The van der Waals surface area contributed by atoms with Gasteiger partial charge in [-0.05, 0) is 49.5 Å². The number of rotatable bonds is 2. The maximum absolute atomic E-state index is 11.8. The van der Waals surface area contributed by atoms with Crippen molar-refractivity contribution in [2.75, 3.05) is 18.0 Å². The lowest BCUT2D eigenvalue weighted by Gasteiger charge is -2.34. The van der Waals surface area contributed by atoms with Crippen molar-refractivity contribution in [3.05, 3.63) is 16.6 Å². The Labute approximate surface area is 144 Å². The van der Waals surface area contributed by atoms with E-state index in [2.05, 4.69) is 26.1 Å². The maximum atomic E-state index is 11.8. The Bertz CT molecular complexity index is 555. The lowest BCUT2D eigenvalue weighted by molar-refractivity contribution is 0.0497. The zero-order valence-corrected chi connectivity index (χ0v) is 15.2. The van der Waals surface area contributed by atoms with Crippen LogP contribution >= 0.6 is 15.9 Å². The number of phenolic OH excluding ortho intramolecular Hbond substituents is 2. The Morgan fingerprint density at radius 2 is 1.78 bits per heavy atom. The molecule has 1 amide bonds. The Hall–Kier alpha value is -1.63. The van der Waals surface area contributed by atoms with Gasteiger partial charge in [-0.25, -0.2) is 4.79 Å². The third-order valence-corrected chi connectivity index (χ3v) is 4.41. The van der Waals surface area contributed by atoms with Crippen LogP contribution in [0.25, 0.3) is 0 Å². The number of anilines is 1. The Kier molecular flexibility index (Phi) is 5.29. The summed E-state index contributed by atoms with van der Waals surface area (Å²) in [6, 6.07) is 3.30. The summed E-state index contributed by atoms with van der Waals surface area (Å²) in [5.41, 5.74) is 0.260. The molecule has 1 aliphatic heterocycles. The van der Waals surface area contributed by atoms with Crippen LogP contribution in [0, 0.1) is 0 Å². The van der Waals surface area contributed by atoms with E-state index < -0.39 is 11.7 Å². The number of benzene rings is 1. The number of hydrogen-bond acceptors (Lipinski definition) is 5. The maximum Gasteiger partial charge on any atom is 0.407 e. The van der Waals surface area contributed by atoms with E-state index in [1.165, 1.54) is 0 Å². The first-order chi connectivity index (χ1) is 10.7. The molecule has 7 heteroatoms. The summed E-state index contributed by atoms with van der Waals surface area (Å²) in [6.45, 7) is 6.95. The highest BCUT2D eigenvalue weighted by Crippen LogP contribution is 2.37. The predicted molar refractivity (Wildman–Crippen MR) is 92.1 cm³/mol. The van der Waals surface area contributed by atoms with Gasteiger partial charge in [-0.15, -0.1) is 0 Å². The topological polar surface area (TPSA) is 82.0 Å². The SMILES string of the molecule is CC(C)(C)OC(=O)NC1CCN(c2cc(O)c(Br)c(O)c2)CC1. The first-order valence-corrected chi connectivity index (χ1v) is 8.41. The first-order valence-electron chi connectivity index (χ1n) is 7.61. The van der Waals surface area contributed by atoms with Crippen molar-refractivity contribution in [1.29, 1.82) is 0 Å². The van der Waals surface area contributed by atoms with Gasteiger partial charge in [0.2, 0.25) is 0 Å². The molecule has 1 fully saturated rings. The van der Waals surface area contributed by atoms with Crippen LogP contribution in [0.3, 0.4) is 0 Å². The average molecular weight is 387 g/mol. The Morgan fingerprint density at radius 3 is 2.26 bits per heavy atom. The number of carbonyl (C=O) groups is 1. The largest absolute Gasteiger partial charge is 0.507 e. The molecule has 6 nitrogen and oxygen atoms in total. The number of hydrogen-bond donors (Lipinski definition) is 3. The zero-order chi connectivity index (χ0) is 17.2. The number of amides is 1. The molecule has 1 heterocycles. The van der Waals surface area contributed by atoms with Crippen molar-refractivity contribution in [3.63, 3.8) is 0 Å². The van der Waals surface area contributed by atoms with Crippen LogP contribution in [0.1, 0.15) is 33.6 Å². The highest BCUT2D eigenvalue weighted by atomic mass is 79.9. The molecule has 2 rings (SSSR count). The standard InChI is InChI=1S/C16H23BrN2O4/c1-16(2,3)23-15(22)18-10-4-6-19(7-5-10)11-8-12(20)14(17)13(21)9-11/h8-10,20-21H,4-7H2,1-3H3,(H,18,22). The third-order valence-electron chi connectivity index (χ3n) is 3.60. The van der Waals surface area contributed by atoms with Crippen molar-refractivity contribution in [2.24, 2.45) is 0 Å². The summed E-state index contributed by atoms with van der Waals surface area (Å²) >= 11 is 3.12. The van der Waals surface area contributed by atoms with Crippen molar-refractivity contribution < 1.29 is 19.7 Å². The molecular weight excluding hydrogens is 364 g/mol. The Morgan fingerprint density at radius 1 is 1.26 bits per heavy atom. The number of nitrogens with zero attached hydrogens (tertiary/aromatic N) is 1. The van der Waals surface area contributed by atoms with E-state index in [1.54, 1.807) is 12.1 Å². The summed E-state index contributed by atoms with van der Waals surface area (Å²) in [7, 11) is 0. The molecule has 0 aliphatic carbocycles. The fraction of sp³-hybridized carbons (Fsp3) is 0.562. The number of carbonyl (C=O) groups excluding carboxylic acids is 1. The van der Waals surface area contributed by atoms with Crippen molar-refractivity contribution in [3.8, 4) is 11.5 Å². The minimum atomic E-state index is -0.503. The van der Waals surface area contributed by atoms with Gasteiger partial charge in [0.1, 0.15) is 21.6 Å². The number of nitrogens with one attached hydrogen (secondary N) is 1. The van der Waals surface area contributed by atoms with Gasteiger partial charge in [0.25, 0.3) is 0 Å². The van der Waals surface area contributed by atoms with Gasteiger partial charge in [0.15, 0.2) is 0 Å². The number of halogens is 1. The quantitative estimate of drug-likeness (QED) is 0.725. The van der Waals surface area contributed by atoms with E-state index >= 15 is 0 Å². The normalized spacial score (nSPS) is 16.3. The Balaban J connectivity index is 1.90. The monoisotopic (exact) mass is 386 g/mol. The van der Waals surface area contributed by atoms with Crippen molar-refractivity contribution in [2.45, 2.75) is 45.3 Å². The molecule has 0 spiro atoms. The molecule has 0 unspecified atom stereocenters. The molecule has 1 saturated heterocycles. The summed E-state index contributed by atoms with van der Waals surface area (Å²) in [5.74, 6) is 0.0167. The van der Waals surface area contributed by atoms with E-state index in [4.69, 9.17) is 4.74 Å². The van der Waals surface area contributed by atoms with Crippen molar-refractivity contribution in [1.82, 2.24) is 5.32 Å². The fourth-order valence-corrected chi connectivity index (χ4v) is 2.75. The summed E-state index contributed by atoms with van der Waals surface area (Å²) in [5, 5.41) is 22.5. The second-order valence-corrected chi connectivity index (χ2v) is 7.50. The smallest absolute Gasteiger partial charge is 0.407 e. The molecule has 128 valence electrons. The van der Waals surface area contributed by atoms with Gasteiger partial charge in [-0.2, -0.15) is 0 Å². The van der Waals surface area contributed by atoms with Gasteiger partial charge < -0.3 is 25.2 Å². The minimum absolute atomic E-state index is 0.00834. The average Bonchev–Trinajstić information content (AvgIpc) is 2.43. The number of alkyl carbamates (subject to hydrolysis) is 1. The lowest BCUT2D eigenvalue weighted by atomic mass is 10.0. The molecular formula is C16H23BrN2O4. The van der Waals surface area contributed by atoms with E-state index in [9.17, 15) is 15.0 Å². The van der Waals surface area contributed by atoms with E-state index in [-0.39, 0.29) is 17.5 Å². The second kappa shape index (κ2) is 6.86. The van der Waals surface area contributed by atoms with E-state index in [1.807, 2.05) is 20.8 Å². The zero-order valence-electron chi connectivity index (χ0n) is 13.6. The predicted octanol–water partition coefficient (Wildman–Crippen LogP) is 3.35. The molecule has 0 radical (unpaired) electrons. The number of piperidine rings is 1. The molecule has 23 heavy (non-hydrogen) atoms. The molecule has 0 bridgehead atoms. The highest BCUT2D eigenvalue weighted by molar-refractivity contribution is 9.10. The highest BCUT2D eigenvalue weighted by Gasteiger charge is 2.24. The summed E-state index contributed by atoms with van der Waals surface area (Å²) < 4.78 is 5.56. The van der Waals surface area contributed by atoms with Crippen LogP contribution in [0.4, 0.5) is 10.5 Å². The van der Waals surface area contributed by atoms with E-state index in [0.717, 1.165) is 31.6 Å². The van der Waals surface area contributed by atoms with Crippen LogP contribution in [-0.2, 0) is 4.74 Å². The molecule has 0 aromatic heterocycles. The van der Waals surface area contributed by atoms with Crippen LogP contribution in [-0.4, -0.2) is 41.0 Å². The molecule has 0 atom stereocenters. The van der Waals surface area contributed by atoms with Crippen LogP contribution in [0.15, 0.2) is 16.6 Å². The number of phenols is 2. The summed E-state index contributed by atoms with van der Waals surface area (Å²) in [6.07, 6.45) is 1.16. The molecule has 1 aliphatic rings. The molecule has 0 saturated carbocycles. The molecule has 1 aromatic carbocycles. The third kappa shape index (κ3) is 4.92. The first kappa shape index (κ1) is 17.7. The van der Waals surface area contributed by atoms with Gasteiger partial charge in [-0.3, -0.25) is 0 Å². The molecule has 3 N–H and O–H groups in total.